The first-order chi connectivity index (χ1) is 11.2. The Morgan fingerprint density at radius 1 is 1.21 bits per heavy atom. The molecule has 24 heavy (non-hydrogen) atoms. The third-order valence-electron chi connectivity index (χ3n) is 3.20. The minimum absolute atomic E-state index is 0.0556. The average Bonchev–Trinajstić information content (AvgIpc) is 2.46. The van der Waals surface area contributed by atoms with E-state index in [4.69, 9.17) is 10.5 Å². The van der Waals surface area contributed by atoms with Crippen molar-refractivity contribution in [1.29, 1.82) is 0 Å². The summed E-state index contributed by atoms with van der Waals surface area (Å²) >= 11 is 3.04. The van der Waals surface area contributed by atoms with E-state index in [0.717, 1.165) is 6.07 Å². The monoisotopic (exact) mass is 400 g/mol. The summed E-state index contributed by atoms with van der Waals surface area (Å²) in [6.45, 7) is 0. The van der Waals surface area contributed by atoms with Crippen LogP contribution in [0.4, 0.5) is 10.2 Å². The summed E-state index contributed by atoms with van der Waals surface area (Å²) in [6.07, 6.45) is 0. The number of aromatic amines is 1. The van der Waals surface area contributed by atoms with Crippen LogP contribution in [0.25, 0.3) is 11.1 Å². The van der Waals surface area contributed by atoms with Crippen molar-refractivity contribution >= 4 is 33.7 Å². The number of methoxy groups -OCH3 is 1. The Kier molecular flexibility index (Phi) is 4.60. The molecule has 5 N–H and O–H groups in total. The number of hydrogen-bond acceptors (Lipinski definition) is 5. The predicted molar refractivity (Wildman–Crippen MR) is 85.0 cm³/mol. The van der Waals surface area contributed by atoms with E-state index in [1.165, 1.54) is 13.2 Å². The maximum atomic E-state index is 14.4. The van der Waals surface area contributed by atoms with Gasteiger partial charge in [-0.25, -0.2) is 14.0 Å². The van der Waals surface area contributed by atoms with Crippen molar-refractivity contribution in [2.24, 2.45) is 0 Å². The summed E-state index contributed by atoms with van der Waals surface area (Å²) in [7, 11) is 1.28. The third-order valence-corrected chi connectivity index (χ3v) is 3.99. The van der Waals surface area contributed by atoms with Gasteiger partial charge in [-0.05, 0) is 28.1 Å². The molecular weight excluding hydrogens is 391 g/mol. The number of halogens is 2. The van der Waals surface area contributed by atoms with Crippen molar-refractivity contribution in [3.05, 3.63) is 43.9 Å². The molecule has 0 aliphatic heterocycles. The highest BCUT2D eigenvalue weighted by Gasteiger charge is 2.30. The normalized spacial score (nSPS) is 10.5. The number of H-pyrrole nitrogens is 1. The van der Waals surface area contributed by atoms with Crippen LogP contribution in [-0.2, 0) is 0 Å². The fourth-order valence-electron chi connectivity index (χ4n) is 2.22. The van der Waals surface area contributed by atoms with Gasteiger partial charge in [-0.15, -0.1) is 0 Å². The molecule has 0 aliphatic rings. The molecule has 0 saturated heterocycles. The lowest BCUT2D eigenvalue weighted by Gasteiger charge is -2.15. The predicted octanol–water partition coefficient (Wildman–Crippen LogP) is 1.93. The summed E-state index contributed by atoms with van der Waals surface area (Å²) in [4.78, 5) is 36.9. The quantitative estimate of drug-likeness (QED) is 0.613. The van der Waals surface area contributed by atoms with Gasteiger partial charge in [0.15, 0.2) is 0 Å². The number of aromatic carboxylic acids is 2. The van der Waals surface area contributed by atoms with Gasteiger partial charge in [-0.2, -0.15) is 0 Å². The molecule has 2 rings (SSSR count). The zero-order chi connectivity index (χ0) is 18.2. The smallest absolute Gasteiger partial charge is 0.342 e. The van der Waals surface area contributed by atoms with E-state index in [1.54, 1.807) is 0 Å². The Morgan fingerprint density at radius 2 is 1.79 bits per heavy atom. The zero-order valence-electron chi connectivity index (χ0n) is 12.0. The number of benzene rings is 1. The highest BCUT2D eigenvalue weighted by molar-refractivity contribution is 9.10. The van der Waals surface area contributed by atoms with Gasteiger partial charge >= 0.3 is 11.9 Å². The molecule has 0 bridgehead atoms. The van der Waals surface area contributed by atoms with Gasteiger partial charge in [-0.3, -0.25) is 4.79 Å². The van der Waals surface area contributed by atoms with Gasteiger partial charge in [0, 0.05) is 11.1 Å². The molecule has 10 heteroatoms. The molecule has 1 aromatic heterocycles. The Bertz CT molecular complexity index is 924. The van der Waals surface area contributed by atoms with Gasteiger partial charge in [0.25, 0.3) is 5.56 Å². The minimum Gasteiger partial charge on any atom is -0.496 e. The van der Waals surface area contributed by atoms with Crippen molar-refractivity contribution < 1.29 is 28.9 Å². The maximum Gasteiger partial charge on any atom is 0.342 e. The van der Waals surface area contributed by atoms with Crippen LogP contribution < -0.4 is 16.0 Å². The van der Waals surface area contributed by atoms with Crippen molar-refractivity contribution in [1.82, 2.24) is 4.98 Å². The van der Waals surface area contributed by atoms with Gasteiger partial charge in [0.2, 0.25) is 0 Å². The molecule has 2 aromatic rings. The lowest BCUT2D eigenvalue weighted by Crippen LogP contribution is -2.24. The molecule has 1 heterocycles. The molecule has 0 unspecified atom stereocenters. The molecule has 0 fully saturated rings. The molecule has 0 spiro atoms. The van der Waals surface area contributed by atoms with Crippen molar-refractivity contribution in [2.45, 2.75) is 0 Å². The molecule has 8 nitrogen and oxygen atoms in total. The number of carbonyl (C=O) groups is 2. The van der Waals surface area contributed by atoms with Gasteiger partial charge in [0.05, 0.1) is 11.6 Å². The fraction of sp³-hybridized carbons (Fsp3) is 0.0714. The van der Waals surface area contributed by atoms with Crippen LogP contribution in [0.3, 0.4) is 0 Å². The number of rotatable bonds is 4. The van der Waals surface area contributed by atoms with E-state index in [1.807, 2.05) is 4.98 Å². The van der Waals surface area contributed by atoms with Crippen LogP contribution in [0.5, 0.6) is 5.75 Å². The van der Waals surface area contributed by atoms with Crippen molar-refractivity contribution in [2.75, 3.05) is 12.8 Å². The summed E-state index contributed by atoms with van der Waals surface area (Å²) in [5.74, 6) is -4.81. The molecule has 0 amide bonds. The highest BCUT2D eigenvalue weighted by Crippen LogP contribution is 2.40. The number of ether oxygens (including phenoxy) is 1. The Morgan fingerprint density at radius 3 is 2.29 bits per heavy atom. The van der Waals surface area contributed by atoms with E-state index in [9.17, 15) is 29.0 Å². The zero-order valence-corrected chi connectivity index (χ0v) is 13.6. The van der Waals surface area contributed by atoms with Crippen LogP contribution in [-0.4, -0.2) is 34.2 Å². The third kappa shape index (κ3) is 2.71. The van der Waals surface area contributed by atoms with Gasteiger partial charge < -0.3 is 25.7 Å². The topological polar surface area (TPSA) is 143 Å². The van der Waals surface area contributed by atoms with Gasteiger partial charge in [-0.1, -0.05) is 0 Å². The number of pyridine rings is 1. The standard InChI is InChI=1S/C14H10BrFN2O6/c1-24-5-3-2-4(16)6(10(5)15)7-8(13(20)21)11(17)18-12(19)9(7)14(22)23/h2-3H,1H3,(H,20,21)(H,22,23)(H3,17,18,19). The van der Waals surface area contributed by atoms with E-state index in [0.29, 0.717) is 0 Å². The number of anilines is 1. The van der Waals surface area contributed by atoms with Crippen LogP contribution in [0.15, 0.2) is 21.4 Å². The van der Waals surface area contributed by atoms with Crippen molar-refractivity contribution in [3.8, 4) is 16.9 Å². The summed E-state index contributed by atoms with van der Waals surface area (Å²) in [6, 6.07) is 2.20. The maximum absolute atomic E-state index is 14.4. The number of nitrogens with two attached hydrogens (primary N) is 1. The first kappa shape index (κ1) is 17.5. The SMILES string of the molecule is COc1ccc(F)c(-c2c(C(=O)O)c(N)[nH]c(=O)c2C(=O)O)c1Br. The lowest BCUT2D eigenvalue weighted by molar-refractivity contribution is 0.0695. The van der Waals surface area contributed by atoms with Crippen LogP contribution >= 0.6 is 15.9 Å². The number of aromatic nitrogens is 1. The average molecular weight is 401 g/mol. The number of carboxylic acid groups (broad SMARTS) is 2. The number of nitrogen functional groups attached to an aromatic ring is 1. The van der Waals surface area contributed by atoms with Crippen LogP contribution in [0.2, 0.25) is 0 Å². The van der Waals surface area contributed by atoms with E-state index >= 15 is 0 Å². The van der Waals surface area contributed by atoms with E-state index in [2.05, 4.69) is 15.9 Å². The van der Waals surface area contributed by atoms with Crippen LogP contribution in [0, 0.1) is 5.82 Å². The Balaban J connectivity index is 3.12. The Hall–Kier alpha value is -2.88. The first-order valence-corrected chi connectivity index (χ1v) is 7.04. The fourth-order valence-corrected chi connectivity index (χ4v) is 2.90. The number of nitrogens with one attached hydrogen (secondary N) is 1. The number of carboxylic acids is 2. The summed E-state index contributed by atoms with van der Waals surface area (Å²) in [5, 5.41) is 18.6. The molecule has 0 aliphatic carbocycles. The van der Waals surface area contributed by atoms with Gasteiger partial charge in [0.1, 0.15) is 28.5 Å². The molecule has 0 saturated carbocycles. The largest absolute Gasteiger partial charge is 0.496 e. The van der Waals surface area contributed by atoms with Crippen molar-refractivity contribution in [3.63, 3.8) is 0 Å². The van der Waals surface area contributed by atoms with E-state index in [-0.39, 0.29) is 10.2 Å². The second kappa shape index (κ2) is 6.32. The van der Waals surface area contributed by atoms with E-state index < -0.39 is 51.4 Å². The second-order valence-corrected chi connectivity index (χ2v) is 5.33. The molecule has 1 aromatic carbocycles. The molecule has 0 radical (unpaired) electrons. The molecular formula is C14H10BrFN2O6. The summed E-state index contributed by atoms with van der Waals surface area (Å²) < 4.78 is 19.3. The summed E-state index contributed by atoms with van der Waals surface area (Å²) in [5.41, 5.74) is 1.55. The minimum atomic E-state index is -1.73. The first-order valence-electron chi connectivity index (χ1n) is 6.25. The molecule has 126 valence electrons. The lowest BCUT2D eigenvalue weighted by atomic mass is 9.95. The molecule has 0 atom stereocenters. The Labute approximate surface area is 141 Å². The second-order valence-electron chi connectivity index (χ2n) is 4.54. The highest BCUT2D eigenvalue weighted by atomic mass is 79.9. The number of hydrogen-bond donors (Lipinski definition) is 4. The van der Waals surface area contributed by atoms with Crippen LogP contribution in [0.1, 0.15) is 20.7 Å².